The first-order valence-corrected chi connectivity index (χ1v) is 14.2. The van der Waals surface area contributed by atoms with Crippen LogP contribution in [0.5, 0.6) is 0 Å². The highest BCUT2D eigenvalue weighted by Gasteiger charge is 2.43. The third-order valence-corrected chi connectivity index (χ3v) is 9.11. The number of likely N-dealkylation sites (tertiary alicyclic amines) is 1. The van der Waals surface area contributed by atoms with Crippen molar-refractivity contribution in [2.24, 2.45) is 11.1 Å². The summed E-state index contributed by atoms with van der Waals surface area (Å²) in [7, 11) is 0. The molecule has 1 saturated heterocycles. The summed E-state index contributed by atoms with van der Waals surface area (Å²) in [5.74, 6) is 0.154. The lowest BCUT2D eigenvalue weighted by atomic mass is 9.72. The number of thioether (sulfide) groups is 1. The summed E-state index contributed by atoms with van der Waals surface area (Å²) in [6, 6.07) is 8.02. The van der Waals surface area contributed by atoms with Gasteiger partial charge in [0, 0.05) is 38.2 Å². The summed E-state index contributed by atoms with van der Waals surface area (Å²) in [6.07, 6.45) is 11.6. The van der Waals surface area contributed by atoms with Crippen molar-refractivity contribution < 1.29 is 14.4 Å². The molecule has 2 aliphatic heterocycles. The zero-order valence-corrected chi connectivity index (χ0v) is 22.2. The molecule has 1 aromatic rings. The predicted octanol–water partition coefficient (Wildman–Crippen LogP) is 4.33. The van der Waals surface area contributed by atoms with Gasteiger partial charge in [-0.2, -0.15) is 0 Å². The van der Waals surface area contributed by atoms with Gasteiger partial charge in [-0.3, -0.25) is 14.4 Å². The molecule has 0 spiro atoms. The average Bonchev–Trinajstić information content (AvgIpc) is 3.31. The normalized spacial score (nSPS) is 23.9. The zero-order chi connectivity index (χ0) is 25.6. The van der Waals surface area contributed by atoms with Crippen LogP contribution in [0, 0.1) is 5.41 Å². The van der Waals surface area contributed by atoms with Gasteiger partial charge in [0.05, 0.1) is 10.3 Å². The van der Waals surface area contributed by atoms with Crippen LogP contribution >= 0.6 is 11.8 Å². The molecule has 196 valence electrons. The number of hydrogen-bond donors (Lipinski definition) is 3. The van der Waals surface area contributed by atoms with E-state index in [-0.39, 0.29) is 28.6 Å². The van der Waals surface area contributed by atoms with Crippen molar-refractivity contribution in [3.8, 4) is 0 Å². The number of amides is 3. The van der Waals surface area contributed by atoms with Crippen LogP contribution in [0.2, 0.25) is 0 Å². The van der Waals surface area contributed by atoms with Crippen LogP contribution < -0.4 is 16.4 Å². The maximum Gasteiger partial charge on any atom is 0.226 e. The lowest BCUT2D eigenvalue weighted by Crippen LogP contribution is -2.53. The molecule has 4 rings (SSSR count). The van der Waals surface area contributed by atoms with Crippen LogP contribution in [0.4, 0.5) is 5.69 Å². The molecule has 0 bridgehead atoms. The molecule has 1 atom stereocenters. The van der Waals surface area contributed by atoms with E-state index < -0.39 is 5.41 Å². The maximum atomic E-state index is 13.7. The van der Waals surface area contributed by atoms with Gasteiger partial charge in [-0.1, -0.05) is 37.5 Å². The number of anilines is 1. The molecule has 8 heteroatoms. The van der Waals surface area contributed by atoms with Gasteiger partial charge in [-0.15, -0.1) is 11.8 Å². The summed E-state index contributed by atoms with van der Waals surface area (Å²) in [6.45, 7) is 2.66. The molecule has 1 saturated carbocycles. The van der Waals surface area contributed by atoms with E-state index in [1.54, 1.807) is 11.8 Å². The molecule has 36 heavy (non-hydrogen) atoms. The van der Waals surface area contributed by atoms with Gasteiger partial charge < -0.3 is 21.3 Å². The molecule has 4 N–H and O–H groups in total. The smallest absolute Gasteiger partial charge is 0.226 e. The minimum absolute atomic E-state index is 0.105. The Kier molecular flexibility index (Phi) is 8.78. The Morgan fingerprint density at radius 2 is 1.78 bits per heavy atom. The van der Waals surface area contributed by atoms with Crippen molar-refractivity contribution in [1.29, 1.82) is 0 Å². The first-order valence-electron chi connectivity index (χ1n) is 13.3. The highest BCUT2D eigenvalue weighted by molar-refractivity contribution is 8.03. The largest absolute Gasteiger partial charge is 0.353 e. The second kappa shape index (κ2) is 11.8. The van der Waals surface area contributed by atoms with Crippen LogP contribution in [0.3, 0.4) is 0 Å². The van der Waals surface area contributed by atoms with Crippen LogP contribution in [0.15, 0.2) is 35.7 Å². The molecular formula is C28H40N4O3S. The molecule has 3 aliphatic rings. The van der Waals surface area contributed by atoms with Crippen LogP contribution in [0.1, 0.15) is 76.7 Å². The van der Waals surface area contributed by atoms with E-state index >= 15 is 0 Å². The SMILES string of the molecule is CC(=O)Nc1ccc(CC2(C(=O)NC3CCCCC3)CCN(C(=O)CCC3(N)CC=CS3)CC2)cc1. The molecule has 1 aliphatic carbocycles. The Labute approximate surface area is 219 Å². The maximum absolute atomic E-state index is 13.7. The second-order valence-corrected chi connectivity index (χ2v) is 12.1. The molecule has 2 fully saturated rings. The van der Waals surface area contributed by atoms with E-state index in [1.807, 2.05) is 34.6 Å². The van der Waals surface area contributed by atoms with Gasteiger partial charge in [0.15, 0.2) is 0 Å². The standard InChI is InChI=1S/C28H40N4O3S/c1-21(33)30-24-10-8-22(9-11-24)20-27(26(35)31-23-6-3-2-4-7-23)15-17-32(18-16-27)25(34)12-14-28(29)13-5-19-36-28/h5,8-11,19,23H,2-4,6-7,12-18,20,29H2,1H3,(H,30,33)(H,31,35). The molecule has 0 radical (unpaired) electrons. The second-order valence-electron chi connectivity index (χ2n) is 10.8. The average molecular weight is 513 g/mol. The van der Waals surface area contributed by atoms with E-state index in [1.165, 1.54) is 26.2 Å². The molecule has 1 aromatic carbocycles. The highest BCUT2D eigenvalue weighted by Crippen LogP contribution is 2.38. The quantitative estimate of drug-likeness (QED) is 0.481. The van der Waals surface area contributed by atoms with Crippen molar-refractivity contribution >= 4 is 35.2 Å². The Bertz CT molecular complexity index is 956. The third kappa shape index (κ3) is 6.91. The van der Waals surface area contributed by atoms with Crippen molar-refractivity contribution in [2.45, 2.75) is 88.5 Å². The fraction of sp³-hybridized carbons (Fsp3) is 0.607. The van der Waals surface area contributed by atoms with Gasteiger partial charge in [0.1, 0.15) is 0 Å². The predicted molar refractivity (Wildman–Crippen MR) is 145 cm³/mol. The minimum Gasteiger partial charge on any atom is -0.353 e. The Morgan fingerprint density at radius 1 is 1.08 bits per heavy atom. The minimum atomic E-state index is -0.538. The number of carbonyl (C=O) groups is 3. The fourth-order valence-corrected chi connectivity index (χ4v) is 6.55. The van der Waals surface area contributed by atoms with Gasteiger partial charge in [0.2, 0.25) is 17.7 Å². The number of rotatable bonds is 8. The molecule has 3 amide bonds. The molecule has 7 nitrogen and oxygen atoms in total. The van der Waals surface area contributed by atoms with Gasteiger partial charge in [-0.05, 0) is 68.0 Å². The highest BCUT2D eigenvalue weighted by atomic mass is 32.2. The van der Waals surface area contributed by atoms with E-state index in [2.05, 4.69) is 16.7 Å². The summed E-state index contributed by atoms with van der Waals surface area (Å²) in [5, 5.41) is 8.19. The number of piperidine rings is 1. The first-order chi connectivity index (χ1) is 17.3. The van der Waals surface area contributed by atoms with Crippen LogP contribution in [-0.2, 0) is 20.8 Å². The van der Waals surface area contributed by atoms with Crippen molar-refractivity contribution in [2.75, 3.05) is 18.4 Å². The Morgan fingerprint density at radius 3 is 2.39 bits per heavy atom. The zero-order valence-electron chi connectivity index (χ0n) is 21.4. The van der Waals surface area contributed by atoms with E-state index in [4.69, 9.17) is 5.73 Å². The molecular weight excluding hydrogens is 472 g/mol. The molecule has 0 aromatic heterocycles. The monoisotopic (exact) mass is 512 g/mol. The number of nitrogens with one attached hydrogen (secondary N) is 2. The van der Waals surface area contributed by atoms with Crippen molar-refractivity contribution in [3.63, 3.8) is 0 Å². The summed E-state index contributed by atoms with van der Waals surface area (Å²) >= 11 is 1.61. The van der Waals surface area contributed by atoms with Crippen molar-refractivity contribution in [1.82, 2.24) is 10.2 Å². The third-order valence-electron chi connectivity index (χ3n) is 7.94. The van der Waals surface area contributed by atoms with E-state index in [0.717, 1.165) is 30.5 Å². The Hall–Kier alpha value is -2.32. The molecule has 2 heterocycles. The lowest BCUT2D eigenvalue weighted by molar-refractivity contribution is -0.141. The number of benzene rings is 1. The number of carbonyl (C=O) groups excluding carboxylic acids is 3. The number of hydrogen-bond acceptors (Lipinski definition) is 5. The fourth-order valence-electron chi connectivity index (χ4n) is 5.67. The van der Waals surface area contributed by atoms with Crippen molar-refractivity contribution in [3.05, 3.63) is 41.3 Å². The number of nitrogens with two attached hydrogens (primary N) is 1. The topological polar surface area (TPSA) is 105 Å². The summed E-state index contributed by atoms with van der Waals surface area (Å²) < 4.78 is 0. The number of nitrogens with zero attached hydrogens (tertiary/aromatic N) is 1. The van der Waals surface area contributed by atoms with Gasteiger partial charge in [0.25, 0.3) is 0 Å². The van der Waals surface area contributed by atoms with E-state index in [9.17, 15) is 14.4 Å². The summed E-state index contributed by atoms with van der Waals surface area (Å²) in [4.78, 5) is 39.6. The summed E-state index contributed by atoms with van der Waals surface area (Å²) in [5.41, 5.74) is 7.67. The molecule has 1 unspecified atom stereocenters. The van der Waals surface area contributed by atoms with Crippen LogP contribution in [-0.4, -0.2) is 46.6 Å². The van der Waals surface area contributed by atoms with Gasteiger partial charge in [-0.25, -0.2) is 0 Å². The lowest BCUT2D eigenvalue weighted by Gasteiger charge is -2.42. The van der Waals surface area contributed by atoms with Crippen LogP contribution in [0.25, 0.3) is 0 Å². The van der Waals surface area contributed by atoms with Gasteiger partial charge >= 0.3 is 0 Å². The van der Waals surface area contributed by atoms with E-state index in [0.29, 0.717) is 45.2 Å². The first kappa shape index (κ1) is 26.7. The Balaban J connectivity index is 1.41.